The topological polar surface area (TPSA) is 64.8 Å². The number of methoxy groups -OCH3 is 1. The van der Waals surface area contributed by atoms with Crippen LogP contribution in [-0.2, 0) is 16.1 Å². The minimum Gasteiger partial charge on any atom is -0.497 e. The monoisotopic (exact) mass is 320 g/mol. The Bertz CT molecular complexity index is 499. The van der Waals surface area contributed by atoms with E-state index in [1.807, 2.05) is 36.1 Å². The largest absolute Gasteiger partial charge is 0.497 e. The first kappa shape index (κ1) is 17.8. The molecule has 1 aromatic carbocycles. The van der Waals surface area contributed by atoms with Crippen molar-refractivity contribution in [1.82, 2.24) is 4.90 Å². The number of hydrogen-bond acceptors (Lipinski definition) is 4. The maximum atomic E-state index is 12.6. The summed E-state index contributed by atoms with van der Waals surface area (Å²) in [5.74, 6) is 0.947. The first-order valence-electron chi connectivity index (χ1n) is 8.36. The predicted molar refractivity (Wildman–Crippen MR) is 90.3 cm³/mol. The summed E-state index contributed by atoms with van der Waals surface area (Å²) in [4.78, 5) is 14.5. The molecule has 1 aromatic rings. The molecule has 0 bridgehead atoms. The molecular formula is C18H28N2O3. The zero-order valence-corrected chi connectivity index (χ0v) is 14.2. The highest BCUT2D eigenvalue weighted by Crippen LogP contribution is 2.18. The molecule has 5 nitrogen and oxygen atoms in total. The van der Waals surface area contributed by atoms with Crippen LogP contribution in [0.4, 0.5) is 0 Å². The highest BCUT2D eigenvalue weighted by atomic mass is 16.5. The number of rotatable bonds is 8. The molecule has 23 heavy (non-hydrogen) atoms. The molecule has 0 saturated carbocycles. The van der Waals surface area contributed by atoms with Crippen LogP contribution in [0.15, 0.2) is 24.3 Å². The highest BCUT2D eigenvalue weighted by molar-refractivity contribution is 5.76. The Morgan fingerprint density at radius 3 is 3.00 bits per heavy atom. The van der Waals surface area contributed by atoms with Gasteiger partial charge in [0, 0.05) is 32.2 Å². The fraction of sp³-hybridized carbons (Fsp3) is 0.611. The second kappa shape index (κ2) is 8.89. The minimum absolute atomic E-state index is 0.0420. The average Bonchev–Trinajstić information content (AvgIpc) is 3.05. The molecule has 2 rings (SSSR count). The van der Waals surface area contributed by atoms with Gasteiger partial charge in [-0.1, -0.05) is 12.1 Å². The zero-order valence-electron chi connectivity index (χ0n) is 14.2. The van der Waals surface area contributed by atoms with Crippen LogP contribution in [0.3, 0.4) is 0 Å². The Morgan fingerprint density at radius 1 is 1.52 bits per heavy atom. The summed E-state index contributed by atoms with van der Waals surface area (Å²) in [5, 5.41) is 0. The third kappa shape index (κ3) is 5.84. The molecule has 1 fully saturated rings. The minimum atomic E-state index is 0.0420. The number of benzene rings is 1. The predicted octanol–water partition coefficient (Wildman–Crippen LogP) is 2.33. The van der Waals surface area contributed by atoms with Gasteiger partial charge in [-0.25, -0.2) is 0 Å². The summed E-state index contributed by atoms with van der Waals surface area (Å²) in [7, 11) is 1.65. The molecular weight excluding hydrogens is 292 g/mol. The molecule has 128 valence electrons. The van der Waals surface area contributed by atoms with Crippen molar-refractivity contribution in [3.8, 4) is 5.75 Å². The van der Waals surface area contributed by atoms with Crippen molar-refractivity contribution in [2.24, 2.45) is 5.73 Å². The van der Waals surface area contributed by atoms with Gasteiger partial charge in [0.2, 0.25) is 5.91 Å². The number of carbonyl (C=O) groups excluding carboxylic acids is 1. The first-order chi connectivity index (χ1) is 11.1. The quantitative estimate of drug-likeness (QED) is 0.798. The van der Waals surface area contributed by atoms with Gasteiger partial charge in [0.25, 0.3) is 0 Å². The third-order valence-corrected chi connectivity index (χ3v) is 4.12. The van der Waals surface area contributed by atoms with Crippen molar-refractivity contribution in [1.29, 1.82) is 0 Å². The van der Waals surface area contributed by atoms with Crippen molar-refractivity contribution in [3.05, 3.63) is 29.8 Å². The summed E-state index contributed by atoms with van der Waals surface area (Å²) < 4.78 is 11.0. The molecule has 2 unspecified atom stereocenters. The summed E-state index contributed by atoms with van der Waals surface area (Å²) in [6.07, 6.45) is 3.44. The van der Waals surface area contributed by atoms with Gasteiger partial charge in [0.1, 0.15) is 5.75 Å². The van der Waals surface area contributed by atoms with E-state index in [9.17, 15) is 4.79 Å². The molecule has 1 aliphatic rings. The fourth-order valence-corrected chi connectivity index (χ4v) is 2.79. The van der Waals surface area contributed by atoms with Gasteiger partial charge in [-0.15, -0.1) is 0 Å². The molecule has 0 aliphatic carbocycles. The van der Waals surface area contributed by atoms with E-state index >= 15 is 0 Å². The Morgan fingerprint density at radius 2 is 2.35 bits per heavy atom. The molecule has 2 N–H and O–H groups in total. The van der Waals surface area contributed by atoms with Crippen molar-refractivity contribution < 1.29 is 14.3 Å². The Hall–Kier alpha value is -1.59. The van der Waals surface area contributed by atoms with Gasteiger partial charge < -0.3 is 20.1 Å². The summed E-state index contributed by atoms with van der Waals surface area (Å²) in [6, 6.07) is 7.89. The van der Waals surface area contributed by atoms with E-state index in [0.717, 1.165) is 30.8 Å². The molecule has 0 aromatic heterocycles. The Balaban J connectivity index is 2.03. The number of nitrogens with two attached hydrogens (primary N) is 1. The number of amides is 1. The molecule has 1 aliphatic heterocycles. The van der Waals surface area contributed by atoms with Crippen LogP contribution < -0.4 is 10.5 Å². The van der Waals surface area contributed by atoms with Gasteiger partial charge in [0.05, 0.1) is 13.2 Å². The molecule has 5 heteroatoms. The van der Waals surface area contributed by atoms with Crippen LogP contribution in [0, 0.1) is 0 Å². The van der Waals surface area contributed by atoms with Gasteiger partial charge in [-0.3, -0.25) is 4.79 Å². The second-order valence-corrected chi connectivity index (χ2v) is 6.28. The van der Waals surface area contributed by atoms with Crippen molar-refractivity contribution >= 4 is 5.91 Å². The summed E-state index contributed by atoms with van der Waals surface area (Å²) in [6.45, 7) is 3.95. The van der Waals surface area contributed by atoms with E-state index in [4.69, 9.17) is 15.2 Å². The van der Waals surface area contributed by atoms with E-state index in [1.165, 1.54) is 0 Å². The number of carbonyl (C=O) groups is 1. The van der Waals surface area contributed by atoms with E-state index < -0.39 is 0 Å². The molecule has 1 heterocycles. The fourth-order valence-electron chi connectivity index (χ4n) is 2.79. The highest BCUT2D eigenvalue weighted by Gasteiger charge is 2.22. The lowest BCUT2D eigenvalue weighted by Gasteiger charge is -2.26. The lowest BCUT2D eigenvalue weighted by Crippen LogP contribution is -2.37. The summed E-state index contributed by atoms with van der Waals surface area (Å²) in [5.41, 5.74) is 6.85. The van der Waals surface area contributed by atoms with Crippen LogP contribution in [0.1, 0.15) is 38.2 Å². The Kier molecular flexibility index (Phi) is 6.86. The van der Waals surface area contributed by atoms with Crippen LogP contribution in [0.25, 0.3) is 0 Å². The lowest BCUT2D eigenvalue weighted by atomic mass is 10.1. The smallest absolute Gasteiger partial charge is 0.223 e. The third-order valence-electron chi connectivity index (χ3n) is 4.12. The van der Waals surface area contributed by atoms with Gasteiger partial charge in [-0.2, -0.15) is 0 Å². The number of nitrogens with zero attached hydrogens (tertiary/aromatic N) is 1. The lowest BCUT2D eigenvalue weighted by molar-refractivity contribution is -0.133. The molecule has 2 atom stereocenters. The van der Waals surface area contributed by atoms with Crippen molar-refractivity contribution in [2.45, 2.75) is 51.3 Å². The van der Waals surface area contributed by atoms with Gasteiger partial charge in [0.15, 0.2) is 0 Å². The molecule has 0 radical (unpaired) electrons. The Labute approximate surface area is 138 Å². The van der Waals surface area contributed by atoms with E-state index in [0.29, 0.717) is 25.9 Å². The second-order valence-electron chi connectivity index (χ2n) is 6.28. The van der Waals surface area contributed by atoms with Crippen LogP contribution in [-0.4, -0.2) is 43.2 Å². The van der Waals surface area contributed by atoms with E-state index in [2.05, 4.69) is 0 Å². The SMILES string of the molecule is COc1cccc(CN(CC2CCCO2)C(=O)CCC(C)N)c1. The molecule has 1 amide bonds. The molecule has 1 saturated heterocycles. The van der Waals surface area contributed by atoms with E-state index in [1.54, 1.807) is 7.11 Å². The number of ether oxygens (including phenoxy) is 2. The van der Waals surface area contributed by atoms with Gasteiger partial charge >= 0.3 is 0 Å². The zero-order chi connectivity index (χ0) is 16.7. The van der Waals surface area contributed by atoms with E-state index in [-0.39, 0.29) is 18.1 Å². The standard InChI is InChI=1S/C18H28N2O3/c1-14(19)8-9-18(21)20(13-17-7-4-10-23-17)12-15-5-3-6-16(11-15)22-2/h3,5-6,11,14,17H,4,7-10,12-13,19H2,1-2H3. The maximum Gasteiger partial charge on any atom is 0.223 e. The summed E-state index contributed by atoms with van der Waals surface area (Å²) >= 11 is 0. The van der Waals surface area contributed by atoms with Crippen LogP contribution in [0.2, 0.25) is 0 Å². The van der Waals surface area contributed by atoms with Crippen molar-refractivity contribution in [3.63, 3.8) is 0 Å². The average molecular weight is 320 g/mol. The normalized spacial score (nSPS) is 18.7. The first-order valence-corrected chi connectivity index (χ1v) is 8.36. The molecule has 0 spiro atoms. The van der Waals surface area contributed by atoms with Crippen LogP contribution in [0.5, 0.6) is 5.75 Å². The van der Waals surface area contributed by atoms with Gasteiger partial charge in [-0.05, 0) is 43.9 Å². The van der Waals surface area contributed by atoms with Crippen LogP contribution >= 0.6 is 0 Å². The number of hydrogen-bond donors (Lipinski definition) is 1. The van der Waals surface area contributed by atoms with Crippen molar-refractivity contribution in [2.75, 3.05) is 20.3 Å². The maximum absolute atomic E-state index is 12.6.